The molecule has 0 unspecified atom stereocenters. The van der Waals surface area contributed by atoms with E-state index in [1.807, 2.05) is 6.92 Å². The molecule has 0 N–H and O–H groups in total. The Balaban J connectivity index is 3.72. The fraction of sp³-hybridized carbons (Fsp3) is 0.667. The Hall–Kier alpha value is -1.06. The van der Waals surface area contributed by atoms with Crippen molar-refractivity contribution < 1.29 is 9.63 Å². The van der Waals surface area contributed by atoms with E-state index in [4.69, 9.17) is 0 Å². The number of hydrogen-bond donors (Lipinski definition) is 0. The zero-order valence-electron chi connectivity index (χ0n) is 6.50. The predicted octanol–water partition coefficient (Wildman–Crippen LogP) is 0.0969. The second kappa shape index (κ2) is 4.78. The Morgan fingerprint density at radius 3 is 2.80 bits per heavy atom. The summed E-state index contributed by atoms with van der Waals surface area (Å²) in [6, 6.07) is 0. The third-order valence-electron chi connectivity index (χ3n) is 1.12. The number of amides is 1. The summed E-state index contributed by atoms with van der Waals surface area (Å²) in [5, 5.41) is 3.32. The SMILES string of the molecule is CCN(C)C(=O)/C=N/OC. The molecule has 0 aromatic carbocycles. The molecular weight excluding hydrogens is 132 g/mol. The van der Waals surface area contributed by atoms with Gasteiger partial charge in [0, 0.05) is 13.6 Å². The average Bonchev–Trinajstić information content (AvgIpc) is 1.98. The van der Waals surface area contributed by atoms with Crippen molar-refractivity contribution >= 4 is 12.1 Å². The number of oxime groups is 1. The zero-order valence-corrected chi connectivity index (χ0v) is 6.50. The van der Waals surface area contributed by atoms with Crippen molar-refractivity contribution in [3.8, 4) is 0 Å². The van der Waals surface area contributed by atoms with Gasteiger partial charge in [0.15, 0.2) is 0 Å². The summed E-state index contributed by atoms with van der Waals surface area (Å²) in [5.74, 6) is -0.149. The lowest BCUT2D eigenvalue weighted by Crippen LogP contribution is -2.26. The Labute approximate surface area is 60.4 Å². The number of rotatable bonds is 3. The van der Waals surface area contributed by atoms with Crippen LogP contribution in [0.5, 0.6) is 0 Å². The van der Waals surface area contributed by atoms with Crippen molar-refractivity contribution in [2.75, 3.05) is 20.7 Å². The molecule has 0 spiro atoms. The first-order chi connectivity index (χ1) is 4.72. The van der Waals surface area contributed by atoms with Gasteiger partial charge in [-0.15, -0.1) is 0 Å². The standard InChI is InChI=1S/C6H12N2O2/c1-4-8(2)6(9)5-7-10-3/h5H,4H2,1-3H3/b7-5+. The maximum atomic E-state index is 10.8. The maximum Gasteiger partial charge on any atom is 0.268 e. The maximum absolute atomic E-state index is 10.8. The molecule has 4 nitrogen and oxygen atoms in total. The first-order valence-corrected chi connectivity index (χ1v) is 3.04. The molecule has 58 valence electrons. The van der Waals surface area contributed by atoms with Gasteiger partial charge in [-0.25, -0.2) is 0 Å². The first-order valence-electron chi connectivity index (χ1n) is 3.04. The van der Waals surface area contributed by atoms with E-state index < -0.39 is 0 Å². The summed E-state index contributed by atoms with van der Waals surface area (Å²) in [6.07, 6.45) is 1.14. The van der Waals surface area contributed by atoms with E-state index in [2.05, 4.69) is 9.99 Å². The molecule has 1 amide bonds. The van der Waals surface area contributed by atoms with E-state index in [-0.39, 0.29) is 5.91 Å². The van der Waals surface area contributed by atoms with Crippen molar-refractivity contribution in [1.82, 2.24) is 4.90 Å². The van der Waals surface area contributed by atoms with Crippen LogP contribution in [0.2, 0.25) is 0 Å². The van der Waals surface area contributed by atoms with Gasteiger partial charge in [0.1, 0.15) is 13.3 Å². The Kier molecular flexibility index (Phi) is 4.28. The predicted molar refractivity (Wildman–Crippen MR) is 38.8 cm³/mol. The van der Waals surface area contributed by atoms with Gasteiger partial charge in [-0.05, 0) is 6.92 Å². The molecule has 10 heavy (non-hydrogen) atoms. The lowest BCUT2D eigenvalue weighted by molar-refractivity contribution is -0.122. The van der Waals surface area contributed by atoms with Gasteiger partial charge < -0.3 is 9.74 Å². The second-order valence-electron chi connectivity index (χ2n) is 1.77. The minimum absolute atomic E-state index is 0.149. The monoisotopic (exact) mass is 144 g/mol. The molecule has 4 heteroatoms. The minimum atomic E-state index is -0.149. The van der Waals surface area contributed by atoms with Crippen LogP contribution in [0.1, 0.15) is 6.92 Å². The van der Waals surface area contributed by atoms with Crippen molar-refractivity contribution in [3.63, 3.8) is 0 Å². The third kappa shape index (κ3) is 3.06. The molecule has 0 heterocycles. The average molecular weight is 144 g/mol. The van der Waals surface area contributed by atoms with Gasteiger partial charge in [-0.2, -0.15) is 0 Å². The van der Waals surface area contributed by atoms with Gasteiger partial charge in [-0.1, -0.05) is 5.16 Å². The smallest absolute Gasteiger partial charge is 0.268 e. The van der Waals surface area contributed by atoms with Gasteiger partial charge in [0.25, 0.3) is 5.91 Å². The highest BCUT2D eigenvalue weighted by molar-refractivity contribution is 6.25. The summed E-state index contributed by atoms with van der Waals surface area (Å²) in [4.78, 5) is 16.7. The van der Waals surface area contributed by atoms with Crippen LogP contribution < -0.4 is 0 Å². The first kappa shape index (κ1) is 8.94. The van der Waals surface area contributed by atoms with Crippen LogP contribution in [-0.2, 0) is 9.63 Å². The van der Waals surface area contributed by atoms with Crippen LogP contribution in [0.15, 0.2) is 5.16 Å². The number of hydrogen-bond acceptors (Lipinski definition) is 3. The van der Waals surface area contributed by atoms with Crippen molar-refractivity contribution in [2.45, 2.75) is 6.92 Å². The van der Waals surface area contributed by atoms with E-state index >= 15 is 0 Å². The van der Waals surface area contributed by atoms with Crippen LogP contribution in [0, 0.1) is 0 Å². The molecule has 0 fully saturated rings. The van der Waals surface area contributed by atoms with Gasteiger partial charge >= 0.3 is 0 Å². The molecule has 0 aliphatic heterocycles. The fourth-order valence-electron chi connectivity index (χ4n) is 0.352. The summed E-state index contributed by atoms with van der Waals surface area (Å²) < 4.78 is 0. The number of carbonyl (C=O) groups is 1. The third-order valence-corrected chi connectivity index (χ3v) is 1.12. The highest BCUT2D eigenvalue weighted by Gasteiger charge is 2.00. The minimum Gasteiger partial charge on any atom is -0.399 e. The second-order valence-corrected chi connectivity index (χ2v) is 1.77. The Morgan fingerprint density at radius 1 is 1.80 bits per heavy atom. The molecule has 0 aromatic rings. The Bertz CT molecular complexity index is 134. The zero-order chi connectivity index (χ0) is 7.98. The van der Waals surface area contributed by atoms with Crippen molar-refractivity contribution in [1.29, 1.82) is 0 Å². The summed E-state index contributed by atoms with van der Waals surface area (Å²) in [6.45, 7) is 2.56. The van der Waals surface area contributed by atoms with E-state index in [1.54, 1.807) is 7.05 Å². The van der Waals surface area contributed by atoms with Gasteiger partial charge in [0.2, 0.25) is 0 Å². The van der Waals surface area contributed by atoms with E-state index in [9.17, 15) is 4.79 Å². The Morgan fingerprint density at radius 2 is 2.40 bits per heavy atom. The van der Waals surface area contributed by atoms with E-state index in [0.29, 0.717) is 6.54 Å². The number of nitrogens with zero attached hydrogens (tertiary/aromatic N) is 2. The normalized spacial score (nSPS) is 9.90. The van der Waals surface area contributed by atoms with Crippen LogP contribution in [-0.4, -0.2) is 37.7 Å². The molecule has 0 saturated heterocycles. The molecule has 0 aliphatic rings. The largest absolute Gasteiger partial charge is 0.399 e. The van der Waals surface area contributed by atoms with Crippen LogP contribution in [0.4, 0.5) is 0 Å². The lowest BCUT2D eigenvalue weighted by Gasteiger charge is -2.09. The quantitative estimate of drug-likeness (QED) is 0.416. The van der Waals surface area contributed by atoms with E-state index in [1.165, 1.54) is 12.0 Å². The van der Waals surface area contributed by atoms with Crippen molar-refractivity contribution in [2.24, 2.45) is 5.16 Å². The van der Waals surface area contributed by atoms with Gasteiger partial charge in [-0.3, -0.25) is 4.79 Å². The molecule has 0 saturated carbocycles. The fourth-order valence-corrected chi connectivity index (χ4v) is 0.352. The highest BCUT2D eigenvalue weighted by Crippen LogP contribution is 1.79. The van der Waals surface area contributed by atoms with Crippen LogP contribution in [0.3, 0.4) is 0 Å². The molecule has 0 radical (unpaired) electrons. The molecule has 0 rings (SSSR count). The molecule has 0 aromatic heterocycles. The molecular formula is C6H12N2O2. The summed E-state index contributed by atoms with van der Waals surface area (Å²) >= 11 is 0. The summed E-state index contributed by atoms with van der Waals surface area (Å²) in [7, 11) is 3.10. The van der Waals surface area contributed by atoms with Gasteiger partial charge in [0.05, 0.1) is 0 Å². The lowest BCUT2D eigenvalue weighted by atomic mass is 10.5. The number of carbonyl (C=O) groups excluding carboxylic acids is 1. The topological polar surface area (TPSA) is 41.9 Å². The van der Waals surface area contributed by atoms with Crippen LogP contribution in [0.25, 0.3) is 0 Å². The summed E-state index contributed by atoms with van der Waals surface area (Å²) in [5.41, 5.74) is 0. The van der Waals surface area contributed by atoms with Crippen molar-refractivity contribution in [3.05, 3.63) is 0 Å². The molecule has 0 aliphatic carbocycles. The van der Waals surface area contributed by atoms with Crippen LogP contribution >= 0.6 is 0 Å². The van der Waals surface area contributed by atoms with E-state index in [0.717, 1.165) is 6.21 Å². The highest BCUT2D eigenvalue weighted by atomic mass is 16.6. The molecule has 0 bridgehead atoms. The molecule has 0 atom stereocenters.